The van der Waals surface area contributed by atoms with Gasteiger partial charge in [0.25, 0.3) is 0 Å². The Morgan fingerprint density at radius 2 is 2.19 bits per heavy atom. The lowest BCUT2D eigenvalue weighted by atomic mass is 10.2. The van der Waals surface area contributed by atoms with E-state index in [1.165, 1.54) is 30.1 Å². The summed E-state index contributed by atoms with van der Waals surface area (Å²) in [6, 6.07) is 6.79. The molecular formula is C15H13FN2OS2. The first kappa shape index (κ1) is 14.0. The number of anilines is 2. The maximum Gasteiger partial charge on any atom is 0.187 e. The van der Waals surface area contributed by atoms with E-state index in [0.717, 1.165) is 12.1 Å². The highest BCUT2D eigenvalue weighted by Crippen LogP contribution is 2.26. The Labute approximate surface area is 130 Å². The number of nitrogens with zero attached hydrogens (tertiary/aromatic N) is 1. The normalized spacial score (nSPS) is 10.6. The van der Waals surface area contributed by atoms with Crippen LogP contribution in [0.4, 0.5) is 15.2 Å². The van der Waals surface area contributed by atoms with Crippen molar-refractivity contribution < 1.29 is 9.13 Å². The third-order valence-corrected chi connectivity index (χ3v) is 4.47. The summed E-state index contributed by atoms with van der Waals surface area (Å²) < 4.78 is 18.9. The molecule has 0 amide bonds. The number of ether oxygens (including phenoxy) is 1. The summed E-state index contributed by atoms with van der Waals surface area (Å²) in [7, 11) is 1.51. The molecule has 3 aromatic rings. The highest BCUT2D eigenvalue weighted by Gasteiger charge is 2.08. The molecule has 6 heteroatoms. The van der Waals surface area contributed by atoms with Gasteiger partial charge in [-0.3, -0.25) is 0 Å². The van der Waals surface area contributed by atoms with Crippen molar-refractivity contribution in [3.05, 3.63) is 57.5 Å². The molecule has 0 aliphatic carbocycles. The van der Waals surface area contributed by atoms with E-state index in [0.29, 0.717) is 16.6 Å². The fourth-order valence-electron chi connectivity index (χ4n) is 1.89. The van der Waals surface area contributed by atoms with Gasteiger partial charge >= 0.3 is 0 Å². The molecule has 2 heterocycles. The summed E-state index contributed by atoms with van der Waals surface area (Å²) in [6.45, 7) is 0. The van der Waals surface area contributed by atoms with Gasteiger partial charge in [0.15, 0.2) is 5.13 Å². The summed E-state index contributed by atoms with van der Waals surface area (Å²) in [6.07, 6.45) is 0.798. The average molecular weight is 320 g/mol. The number of thiazole rings is 1. The molecule has 3 rings (SSSR count). The largest absolute Gasteiger partial charge is 0.497 e. The van der Waals surface area contributed by atoms with E-state index in [2.05, 4.69) is 21.7 Å². The Balaban J connectivity index is 1.72. The Morgan fingerprint density at radius 1 is 1.29 bits per heavy atom. The van der Waals surface area contributed by atoms with Crippen LogP contribution in [0.25, 0.3) is 0 Å². The maximum absolute atomic E-state index is 13.9. The number of halogens is 1. The molecule has 108 valence electrons. The summed E-state index contributed by atoms with van der Waals surface area (Å²) in [5, 5.41) is 9.83. The highest BCUT2D eigenvalue weighted by atomic mass is 32.1. The second kappa shape index (κ2) is 6.24. The number of rotatable bonds is 5. The molecule has 0 fully saturated rings. The number of aromatic nitrogens is 1. The first-order valence-electron chi connectivity index (χ1n) is 6.30. The number of benzene rings is 1. The van der Waals surface area contributed by atoms with Gasteiger partial charge in [-0.1, -0.05) is 0 Å². The van der Waals surface area contributed by atoms with E-state index in [9.17, 15) is 4.39 Å². The van der Waals surface area contributed by atoms with Crippen LogP contribution in [0.15, 0.2) is 40.4 Å². The molecule has 1 N–H and O–H groups in total. The predicted molar refractivity (Wildman–Crippen MR) is 85.5 cm³/mol. The lowest BCUT2D eigenvalue weighted by molar-refractivity contribution is 0.411. The summed E-state index contributed by atoms with van der Waals surface area (Å²) in [5.74, 6) is 0.138. The maximum atomic E-state index is 13.9. The van der Waals surface area contributed by atoms with Gasteiger partial charge in [0.1, 0.15) is 11.6 Å². The number of thiophene rings is 1. The molecule has 0 radical (unpaired) electrons. The Morgan fingerprint density at radius 3 is 2.90 bits per heavy atom. The highest BCUT2D eigenvalue weighted by molar-refractivity contribution is 7.13. The van der Waals surface area contributed by atoms with E-state index < -0.39 is 0 Å². The second-order valence-electron chi connectivity index (χ2n) is 4.42. The van der Waals surface area contributed by atoms with Gasteiger partial charge in [0.2, 0.25) is 0 Å². The summed E-state index contributed by atoms with van der Waals surface area (Å²) in [4.78, 5) is 4.48. The SMILES string of the molecule is COc1ccc(Nc2nc(Cc3ccsc3)cs2)c(F)c1. The Hall–Kier alpha value is -1.92. The molecule has 0 bridgehead atoms. The van der Waals surface area contributed by atoms with Gasteiger partial charge in [-0.25, -0.2) is 9.37 Å². The van der Waals surface area contributed by atoms with E-state index in [4.69, 9.17) is 4.74 Å². The van der Waals surface area contributed by atoms with Gasteiger partial charge in [-0.15, -0.1) is 11.3 Å². The van der Waals surface area contributed by atoms with Gasteiger partial charge in [-0.05, 0) is 34.5 Å². The van der Waals surface area contributed by atoms with Gasteiger partial charge in [0.05, 0.1) is 18.5 Å². The molecule has 0 unspecified atom stereocenters. The summed E-state index contributed by atoms with van der Waals surface area (Å²) in [5.41, 5.74) is 2.62. The number of hydrogen-bond donors (Lipinski definition) is 1. The van der Waals surface area contributed by atoms with Crippen LogP contribution in [0.3, 0.4) is 0 Å². The van der Waals surface area contributed by atoms with Crippen LogP contribution in [0.2, 0.25) is 0 Å². The molecule has 0 spiro atoms. The minimum atomic E-state index is -0.357. The van der Waals surface area contributed by atoms with Crippen LogP contribution >= 0.6 is 22.7 Å². The quantitative estimate of drug-likeness (QED) is 0.741. The fraction of sp³-hybridized carbons (Fsp3) is 0.133. The van der Waals surface area contributed by atoms with Crippen molar-refractivity contribution in [2.75, 3.05) is 12.4 Å². The van der Waals surface area contributed by atoms with E-state index in [1.807, 2.05) is 10.8 Å². The number of nitrogens with one attached hydrogen (secondary N) is 1. The minimum absolute atomic E-state index is 0.357. The molecule has 1 aromatic carbocycles. The van der Waals surface area contributed by atoms with Gasteiger partial charge in [-0.2, -0.15) is 11.3 Å². The monoisotopic (exact) mass is 320 g/mol. The lowest BCUT2D eigenvalue weighted by Gasteiger charge is -2.06. The van der Waals surface area contributed by atoms with Crippen LogP contribution in [-0.4, -0.2) is 12.1 Å². The van der Waals surface area contributed by atoms with Gasteiger partial charge < -0.3 is 10.1 Å². The second-order valence-corrected chi connectivity index (χ2v) is 6.06. The van der Waals surface area contributed by atoms with Crippen LogP contribution in [-0.2, 0) is 6.42 Å². The summed E-state index contributed by atoms with van der Waals surface area (Å²) >= 11 is 3.14. The molecule has 0 saturated heterocycles. The van der Waals surface area contributed by atoms with Crippen molar-refractivity contribution in [3.63, 3.8) is 0 Å². The number of hydrogen-bond acceptors (Lipinski definition) is 5. The first-order chi connectivity index (χ1) is 10.2. The first-order valence-corrected chi connectivity index (χ1v) is 8.13. The average Bonchev–Trinajstić information content (AvgIpc) is 3.14. The zero-order valence-corrected chi connectivity index (χ0v) is 12.9. The van der Waals surface area contributed by atoms with Gasteiger partial charge in [0, 0.05) is 17.9 Å². The van der Waals surface area contributed by atoms with Crippen LogP contribution < -0.4 is 10.1 Å². The molecule has 0 atom stereocenters. The molecule has 0 aliphatic rings. The Bertz CT molecular complexity index is 725. The topological polar surface area (TPSA) is 34.1 Å². The van der Waals surface area contributed by atoms with Crippen molar-refractivity contribution in [1.82, 2.24) is 4.98 Å². The van der Waals surface area contributed by atoms with Crippen LogP contribution in [0.5, 0.6) is 5.75 Å². The zero-order chi connectivity index (χ0) is 14.7. The molecule has 3 nitrogen and oxygen atoms in total. The molecule has 2 aromatic heterocycles. The third kappa shape index (κ3) is 3.40. The Kier molecular flexibility index (Phi) is 4.17. The van der Waals surface area contributed by atoms with Crippen molar-refractivity contribution >= 4 is 33.5 Å². The molecule has 0 aliphatic heterocycles. The molecule has 21 heavy (non-hydrogen) atoms. The zero-order valence-electron chi connectivity index (χ0n) is 11.3. The molecular weight excluding hydrogens is 307 g/mol. The van der Waals surface area contributed by atoms with Crippen molar-refractivity contribution in [2.24, 2.45) is 0 Å². The third-order valence-electron chi connectivity index (χ3n) is 2.93. The predicted octanol–water partition coefficient (Wildman–Crippen LogP) is 4.69. The number of methoxy groups -OCH3 is 1. The van der Waals surface area contributed by atoms with Crippen molar-refractivity contribution in [3.8, 4) is 5.75 Å². The van der Waals surface area contributed by atoms with Crippen molar-refractivity contribution in [2.45, 2.75) is 6.42 Å². The van der Waals surface area contributed by atoms with Crippen molar-refractivity contribution in [1.29, 1.82) is 0 Å². The van der Waals surface area contributed by atoms with Crippen LogP contribution in [0.1, 0.15) is 11.3 Å². The standard InChI is InChI=1S/C15H13FN2OS2/c1-19-12-2-3-14(13(16)7-12)18-15-17-11(9-21-15)6-10-4-5-20-8-10/h2-5,7-9H,6H2,1H3,(H,17,18). The minimum Gasteiger partial charge on any atom is -0.497 e. The van der Waals surface area contributed by atoms with E-state index in [1.54, 1.807) is 23.5 Å². The van der Waals surface area contributed by atoms with E-state index >= 15 is 0 Å². The lowest BCUT2D eigenvalue weighted by Crippen LogP contribution is -1.95. The fourth-order valence-corrected chi connectivity index (χ4v) is 3.28. The van der Waals surface area contributed by atoms with Crippen LogP contribution in [0, 0.1) is 5.82 Å². The molecule has 0 saturated carbocycles. The smallest absolute Gasteiger partial charge is 0.187 e. The van der Waals surface area contributed by atoms with E-state index in [-0.39, 0.29) is 5.82 Å².